The lowest BCUT2D eigenvalue weighted by atomic mass is 9.78. The second-order valence-electron chi connectivity index (χ2n) is 9.04. The van der Waals surface area contributed by atoms with Crippen LogP contribution in [-0.4, -0.2) is 46.4 Å². The number of thiophene rings is 1. The van der Waals surface area contributed by atoms with Crippen LogP contribution in [0.15, 0.2) is 35.9 Å². The number of hydrogen-bond acceptors (Lipinski definition) is 6. The molecule has 1 amide bonds. The Morgan fingerprint density at radius 1 is 1.18 bits per heavy atom. The predicted octanol–water partition coefficient (Wildman–Crippen LogP) is 6.31. The summed E-state index contributed by atoms with van der Waals surface area (Å²) in [5.41, 5.74) is -3.79. The second kappa shape index (κ2) is 10.6. The standard InChI is InChI=1S/C25H24F6N2O4S/c1-15(34)23(37-16-13-19(38-14-16)25(29,30)31)9-6-11-33-18(23)7-4-2-3-5-12-36-21-20(22(33)35)17(8-10-32-21)24(26,27)28/h2,4,8,10,13-14,18H,3,5-7,9,11-12H2,1H3/b4-2-/t18-,23-/m1/s1. The molecule has 206 valence electrons. The Morgan fingerprint density at radius 3 is 2.61 bits per heavy atom. The maximum atomic E-state index is 14.0. The van der Waals surface area contributed by atoms with Crippen molar-refractivity contribution in [3.8, 4) is 11.6 Å². The maximum Gasteiger partial charge on any atom is 0.425 e. The zero-order valence-electron chi connectivity index (χ0n) is 20.2. The van der Waals surface area contributed by atoms with E-state index in [0.29, 0.717) is 30.2 Å². The van der Waals surface area contributed by atoms with Gasteiger partial charge in [0.25, 0.3) is 5.91 Å². The number of pyridine rings is 1. The average molecular weight is 563 g/mol. The molecule has 0 bridgehead atoms. The van der Waals surface area contributed by atoms with Crippen molar-refractivity contribution in [2.45, 2.75) is 63.0 Å². The Kier molecular flexibility index (Phi) is 7.78. The van der Waals surface area contributed by atoms with E-state index in [2.05, 4.69) is 4.98 Å². The number of ketones is 1. The molecule has 0 aliphatic carbocycles. The second-order valence-corrected chi connectivity index (χ2v) is 9.96. The molecule has 0 aromatic carbocycles. The van der Waals surface area contributed by atoms with E-state index in [4.69, 9.17) is 9.47 Å². The van der Waals surface area contributed by atoms with Crippen LogP contribution < -0.4 is 9.47 Å². The van der Waals surface area contributed by atoms with Gasteiger partial charge in [-0.25, -0.2) is 4.98 Å². The third-order valence-corrected chi connectivity index (χ3v) is 7.54. The molecular weight excluding hydrogens is 538 g/mol. The van der Waals surface area contributed by atoms with E-state index < -0.39 is 57.6 Å². The summed E-state index contributed by atoms with van der Waals surface area (Å²) in [7, 11) is 0. The monoisotopic (exact) mass is 562 g/mol. The Balaban J connectivity index is 1.83. The van der Waals surface area contributed by atoms with Crippen molar-refractivity contribution in [1.29, 1.82) is 0 Å². The summed E-state index contributed by atoms with van der Waals surface area (Å²) in [6, 6.07) is 0.361. The van der Waals surface area contributed by atoms with Crippen molar-refractivity contribution in [2.75, 3.05) is 13.2 Å². The summed E-state index contributed by atoms with van der Waals surface area (Å²) >= 11 is 0.394. The van der Waals surface area contributed by atoms with Crippen molar-refractivity contribution in [2.24, 2.45) is 0 Å². The minimum Gasteiger partial charge on any atom is -0.477 e. The normalized spacial score (nSPS) is 23.8. The van der Waals surface area contributed by atoms with Gasteiger partial charge in [0.05, 0.1) is 18.2 Å². The topological polar surface area (TPSA) is 68.7 Å². The number of carbonyl (C=O) groups excluding carboxylic acids is 2. The molecule has 1 saturated heterocycles. The number of fused-ring (bicyclic) bond motifs is 2. The number of hydrogen-bond donors (Lipinski definition) is 0. The van der Waals surface area contributed by atoms with E-state index in [1.807, 2.05) is 0 Å². The molecule has 38 heavy (non-hydrogen) atoms. The van der Waals surface area contributed by atoms with Crippen LogP contribution in [0.25, 0.3) is 0 Å². The summed E-state index contributed by atoms with van der Waals surface area (Å²) in [4.78, 5) is 31.0. The van der Waals surface area contributed by atoms with Gasteiger partial charge in [-0.1, -0.05) is 12.2 Å². The molecule has 2 aromatic rings. The molecule has 2 aromatic heterocycles. The highest BCUT2D eigenvalue weighted by atomic mass is 32.1. The molecular formula is C25H24F6N2O4S. The first-order valence-corrected chi connectivity index (χ1v) is 12.7. The summed E-state index contributed by atoms with van der Waals surface area (Å²) in [6.45, 7) is 1.23. The maximum absolute atomic E-state index is 14.0. The quantitative estimate of drug-likeness (QED) is 0.324. The van der Waals surface area contributed by atoms with Crippen LogP contribution in [0, 0.1) is 0 Å². The first kappa shape index (κ1) is 27.9. The summed E-state index contributed by atoms with van der Waals surface area (Å²) < 4.78 is 92.9. The summed E-state index contributed by atoms with van der Waals surface area (Å²) in [6.07, 6.45) is -3.92. The van der Waals surface area contributed by atoms with Gasteiger partial charge < -0.3 is 14.4 Å². The van der Waals surface area contributed by atoms with E-state index in [9.17, 15) is 35.9 Å². The number of halogens is 6. The van der Waals surface area contributed by atoms with E-state index in [1.165, 1.54) is 6.92 Å². The highest BCUT2D eigenvalue weighted by molar-refractivity contribution is 7.10. The SMILES string of the molecule is CC(=O)[C@]1(Oc2csc(C(F)(F)F)c2)CCCN2C(=O)c3c(C(F)(F)F)ccnc3OCCC/C=C\C[C@@H]21. The number of alkyl halides is 6. The molecule has 4 rings (SSSR count). The molecule has 2 atom stereocenters. The lowest BCUT2D eigenvalue weighted by Crippen LogP contribution is -2.64. The smallest absolute Gasteiger partial charge is 0.425 e. The van der Waals surface area contributed by atoms with E-state index in [-0.39, 0.29) is 38.2 Å². The van der Waals surface area contributed by atoms with E-state index in [0.717, 1.165) is 22.5 Å². The van der Waals surface area contributed by atoms with Gasteiger partial charge in [-0.2, -0.15) is 26.3 Å². The number of ether oxygens (including phenoxy) is 2. The van der Waals surface area contributed by atoms with E-state index >= 15 is 0 Å². The van der Waals surface area contributed by atoms with Gasteiger partial charge in [-0.05, 0) is 45.1 Å². The number of piperidine rings is 1. The predicted molar refractivity (Wildman–Crippen MR) is 125 cm³/mol. The van der Waals surface area contributed by atoms with Gasteiger partial charge in [0.15, 0.2) is 11.4 Å². The summed E-state index contributed by atoms with van der Waals surface area (Å²) in [5, 5.41) is 1.12. The highest BCUT2D eigenvalue weighted by Crippen LogP contribution is 2.43. The zero-order valence-corrected chi connectivity index (χ0v) is 21.0. The van der Waals surface area contributed by atoms with Gasteiger partial charge in [-0.3, -0.25) is 9.59 Å². The lowest BCUT2D eigenvalue weighted by molar-refractivity contribution is -0.143. The first-order chi connectivity index (χ1) is 17.8. The van der Waals surface area contributed by atoms with Gasteiger partial charge in [0, 0.05) is 24.2 Å². The van der Waals surface area contributed by atoms with Crippen molar-refractivity contribution < 1.29 is 45.4 Å². The van der Waals surface area contributed by atoms with Crippen LogP contribution in [0.1, 0.15) is 59.8 Å². The number of Topliss-reactive ketones (excluding diaryl/α,β-unsaturated/α-hetero) is 1. The van der Waals surface area contributed by atoms with Crippen molar-refractivity contribution in [3.05, 3.63) is 51.9 Å². The highest BCUT2D eigenvalue weighted by Gasteiger charge is 2.53. The van der Waals surface area contributed by atoms with Crippen molar-refractivity contribution >= 4 is 23.0 Å². The van der Waals surface area contributed by atoms with Crippen LogP contribution in [0.2, 0.25) is 0 Å². The molecule has 0 N–H and O–H groups in total. The fourth-order valence-electron chi connectivity index (χ4n) is 4.83. The average Bonchev–Trinajstić information content (AvgIpc) is 3.31. The molecule has 1 fully saturated rings. The van der Waals surface area contributed by atoms with Gasteiger partial charge in [0.1, 0.15) is 16.2 Å². The number of allylic oxidation sites excluding steroid dienone is 1. The van der Waals surface area contributed by atoms with E-state index in [1.54, 1.807) is 12.2 Å². The van der Waals surface area contributed by atoms with Gasteiger partial charge >= 0.3 is 12.4 Å². The Labute approximate surface area is 218 Å². The van der Waals surface area contributed by atoms with Crippen LogP contribution in [0.3, 0.4) is 0 Å². The Bertz CT molecular complexity index is 1230. The largest absolute Gasteiger partial charge is 0.477 e. The number of carbonyl (C=O) groups is 2. The van der Waals surface area contributed by atoms with Gasteiger partial charge in [-0.15, -0.1) is 11.3 Å². The third-order valence-electron chi connectivity index (χ3n) is 6.59. The number of nitrogens with zero attached hydrogens (tertiary/aromatic N) is 2. The summed E-state index contributed by atoms with van der Waals surface area (Å²) in [5.74, 6) is -2.28. The Hall–Kier alpha value is -3.09. The van der Waals surface area contributed by atoms with Crippen LogP contribution in [0.4, 0.5) is 26.3 Å². The minimum absolute atomic E-state index is 0.00119. The number of aromatic nitrogens is 1. The van der Waals surface area contributed by atoms with Crippen molar-refractivity contribution in [1.82, 2.24) is 9.88 Å². The number of rotatable bonds is 3. The lowest BCUT2D eigenvalue weighted by Gasteiger charge is -2.48. The molecule has 0 saturated carbocycles. The molecule has 0 radical (unpaired) electrons. The van der Waals surface area contributed by atoms with Gasteiger partial charge in [0.2, 0.25) is 5.88 Å². The minimum atomic E-state index is -4.90. The molecule has 2 aliphatic heterocycles. The molecule has 2 aliphatic rings. The zero-order chi connectivity index (χ0) is 27.7. The molecule has 4 heterocycles. The first-order valence-electron chi connectivity index (χ1n) is 11.9. The van der Waals surface area contributed by atoms with Crippen LogP contribution >= 0.6 is 11.3 Å². The Morgan fingerprint density at radius 2 is 1.95 bits per heavy atom. The molecule has 6 nitrogen and oxygen atoms in total. The molecule has 0 unspecified atom stereocenters. The van der Waals surface area contributed by atoms with Crippen molar-refractivity contribution in [3.63, 3.8) is 0 Å². The third kappa shape index (κ3) is 5.52. The van der Waals surface area contributed by atoms with Crippen LogP contribution in [-0.2, 0) is 17.1 Å². The molecule has 0 spiro atoms. The molecule has 13 heteroatoms. The fourth-order valence-corrected chi connectivity index (χ4v) is 5.51. The number of amides is 1. The fraction of sp³-hybridized carbons (Fsp3) is 0.480. The van der Waals surface area contributed by atoms with Crippen LogP contribution in [0.5, 0.6) is 11.6 Å².